The molecule has 1 aliphatic rings. The minimum Gasteiger partial charge on any atom is -0.481 e. The van der Waals surface area contributed by atoms with Gasteiger partial charge in [-0.1, -0.05) is 11.3 Å². The van der Waals surface area contributed by atoms with Gasteiger partial charge in [0.2, 0.25) is 10.3 Å². The van der Waals surface area contributed by atoms with Gasteiger partial charge in [-0.15, -0.1) is 10.2 Å². The number of anilines is 1. The number of carboxylic acids is 1. The molecule has 1 aliphatic heterocycles. The van der Waals surface area contributed by atoms with Gasteiger partial charge < -0.3 is 10.0 Å². The van der Waals surface area contributed by atoms with Crippen LogP contribution in [0, 0.1) is 19.8 Å². The van der Waals surface area contributed by atoms with Crippen molar-refractivity contribution >= 4 is 22.4 Å². The molecule has 0 unspecified atom stereocenters. The first kappa shape index (κ1) is 14.1. The second-order valence-electron chi connectivity index (χ2n) is 5.42. The number of carbonyl (C=O) groups is 1. The van der Waals surface area contributed by atoms with Gasteiger partial charge in [-0.25, -0.2) is 0 Å². The number of hydrogen-bond donors (Lipinski definition) is 1. The normalized spacial score (nSPS) is 16.4. The SMILES string of the molecule is Cc1ccc(C)n1-c1nnc(N2CCC(C(=O)O)CC2)s1. The van der Waals surface area contributed by atoms with E-state index in [1.165, 1.54) is 0 Å². The topological polar surface area (TPSA) is 71.2 Å². The highest BCUT2D eigenvalue weighted by Gasteiger charge is 2.26. The maximum Gasteiger partial charge on any atom is 0.306 e. The first-order valence-corrected chi connectivity index (χ1v) is 7.84. The van der Waals surface area contributed by atoms with Gasteiger partial charge >= 0.3 is 5.97 Å². The molecule has 0 spiro atoms. The average molecular weight is 306 g/mol. The smallest absolute Gasteiger partial charge is 0.306 e. The van der Waals surface area contributed by atoms with Crippen LogP contribution in [0.4, 0.5) is 5.13 Å². The van der Waals surface area contributed by atoms with E-state index in [4.69, 9.17) is 5.11 Å². The molecule has 2 aromatic heterocycles. The Bertz CT molecular complexity index is 636. The number of piperidine rings is 1. The first-order valence-electron chi connectivity index (χ1n) is 7.03. The Morgan fingerprint density at radius 1 is 1.19 bits per heavy atom. The van der Waals surface area contributed by atoms with Gasteiger partial charge in [-0.3, -0.25) is 9.36 Å². The lowest BCUT2D eigenvalue weighted by molar-refractivity contribution is -0.142. The van der Waals surface area contributed by atoms with E-state index >= 15 is 0 Å². The fraction of sp³-hybridized carbons (Fsp3) is 0.500. The Balaban J connectivity index is 1.76. The van der Waals surface area contributed by atoms with Crippen molar-refractivity contribution in [1.82, 2.24) is 14.8 Å². The highest BCUT2D eigenvalue weighted by Crippen LogP contribution is 2.29. The van der Waals surface area contributed by atoms with E-state index in [9.17, 15) is 4.79 Å². The van der Waals surface area contributed by atoms with Gasteiger partial charge in [0, 0.05) is 24.5 Å². The van der Waals surface area contributed by atoms with Crippen LogP contribution in [0.15, 0.2) is 12.1 Å². The largest absolute Gasteiger partial charge is 0.481 e. The summed E-state index contributed by atoms with van der Waals surface area (Å²) in [4.78, 5) is 13.1. The van der Waals surface area contributed by atoms with Gasteiger partial charge in [0.15, 0.2) is 0 Å². The maximum atomic E-state index is 11.0. The molecule has 1 N–H and O–H groups in total. The van der Waals surface area contributed by atoms with Crippen LogP contribution in [0.1, 0.15) is 24.2 Å². The summed E-state index contributed by atoms with van der Waals surface area (Å²) < 4.78 is 2.09. The number of rotatable bonds is 3. The summed E-state index contributed by atoms with van der Waals surface area (Å²) in [6.07, 6.45) is 1.34. The lowest BCUT2D eigenvalue weighted by atomic mass is 9.98. The van der Waals surface area contributed by atoms with Crippen molar-refractivity contribution in [2.45, 2.75) is 26.7 Å². The van der Waals surface area contributed by atoms with Crippen molar-refractivity contribution in [2.75, 3.05) is 18.0 Å². The molecule has 0 aromatic carbocycles. The molecule has 0 atom stereocenters. The Kier molecular flexibility index (Phi) is 3.67. The van der Waals surface area contributed by atoms with E-state index in [0.29, 0.717) is 12.8 Å². The standard InChI is InChI=1S/C14H18N4O2S/c1-9-3-4-10(2)18(9)14-16-15-13(21-14)17-7-5-11(6-8-17)12(19)20/h3-4,11H,5-8H2,1-2H3,(H,19,20). The molecule has 0 aliphatic carbocycles. The Labute approximate surface area is 127 Å². The number of aryl methyl sites for hydroxylation is 2. The fourth-order valence-electron chi connectivity index (χ4n) is 2.71. The molecule has 112 valence electrons. The van der Waals surface area contributed by atoms with Crippen LogP contribution in [-0.4, -0.2) is 38.9 Å². The van der Waals surface area contributed by atoms with Crippen LogP contribution in [0.2, 0.25) is 0 Å². The average Bonchev–Trinajstić information content (AvgIpc) is 3.06. The molecule has 7 heteroatoms. The third-order valence-electron chi connectivity index (χ3n) is 3.98. The summed E-state index contributed by atoms with van der Waals surface area (Å²) in [7, 11) is 0. The minimum absolute atomic E-state index is 0.220. The molecule has 1 fully saturated rings. The summed E-state index contributed by atoms with van der Waals surface area (Å²) in [5.41, 5.74) is 2.28. The van der Waals surface area contributed by atoms with Crippen LogP contribution < -0.4 is 4.90 Å². The van der Waals surface area contributed by atoms with Crippen molar-refractivity contribution in [3.63, 3.8) is 0 Å². The Morgan fingerprint density at radius 2 is 1.76 bits per heavy atom. The third kappa shape index (κ3) is 2.65. The van der Waals surface area contributed by atoms with E-state index in [1.54, 1.807) is 11.3 Å². The number of aliphatic carboxylic acids is 1. The van der Waals surface area contributed by atoms with Gasteiger partial charge in [0.25, 0.3) is 0 Å². The number of nitrogens with zero attached hydrogens (tertiary/aromatic N) is 4. The number of carboxylic acid groups (broad SMARTS) is 1. The van der Waals surface area contributed by atoms with Crippen LogP contribution in [0.3, 0.4) is 0 Å². The predicted molar refractivity (Wildman–Crippen MR) is 81.3 cm³/mol. The van der Waals surface area contributed by atoms with Gasteiger partial charge in [0.1, 0.15) is 0 Å². The molecular weight excluding hydrogens is 288 g/mol. The quantitative estimate of drug-likeness (QED) is 0.941. The summed E-state index contributed by atoms with van der Waals surface area (Å²) in [6, 6.07) is 4.13. The molecule has 21 heavy (non-hydrogen) atoms. The van der Waals surface area contributed by atoms with Gasteiger partial charge in [-0.2, -0.15) is 0 Å². The van der Waals surface area contributed by atoms with Crippen molar-refractivity contribution in [1.29, 1.82) is 0 Å². The van der Waals surface area contributed by atoms with Crippen molar-refractivity contribution in [2.24, 2.45) is 5.92 Å². The van der Waals surface area contributed by atoms with Crippen LogP contribution in [0.5, 0.6) is 0 Å². The second kappa shape index (κ2) is 5.48. The lowest BCUT2D eigenvalue weighted by Gasteiger charge is -2.29. The van der Waals surface area contributed by atoms with Crippen LogP contribution in [-0.2, 0) is 4.79 Å². The maximum absolute atomic E-state index is 11.0. The van der Waals surface area contributed by atoms with Gasteiger partial charge in [-0.05, 0) is 38.8 Å². The zero-order chi connectivity index (χ0) is 15.0. The number of hydrogen-bond acceptors (Lipinski definition) is 5. The first-order chi connectivity index (χ1) is 10.1. The molecule has 2 aromatic rings. The molecule has 0 saturated carbocycles. The van der Waals surface area contributed by atoms with E-state index in [-0.39, 0.29) is 5.92 Å². The summed E-state index contributed by atoms with van der Waals surface area (Å²) in [5, 5.41) is 19.3. The number of aromatic nitrogens is 3. The van der Waals surface area contributed by atoms with Crippen molar-refractivity contribution in [3.05, 3.63) is 23.5 Å². The molecule has 6 nitrogen and oxygen atoms in total. The molecule has 0 amide bonds. The van der Waals surface area contributed by atoms with Gasteiger partial charge in [0.05, 0.1) is 5.92 Å². The monoisotopic (exact) mass is 306 g/mol. The Hall–Kier alpha value is -1.89. The molecule has 3 heterocycles. The van der Waals surface area contributed by atoms with Crippen molar-refractivity contribution < 1.29 is 9.90 Å². The minimum atomic E-state index is -0.689. The summed E-state index contributed by atoms with van der Waals surface area (Å²) in [6.45, 7) is 5.56. The van der Waals surface area contributed by atoms with Crippen molar-refractivity contribution in [3.8, 4) is 5.13 Å². The zero-order valence-electron chi connectivity index (χ0n) is 12.1. The Morgan fingerprint density at radius 3 is 2.33 bits per heavy atom. The van der Waals surface area contributed by atoms with Crippen LogP contribution in [0.25, 0.3) is 5.13 Å². The zero-order valence-corrected chi connectivity index (χ0v) is 12.9. The molecule has 3 rings (SSSR count). The highest BCUT2D eigenvalue weighted by atomic mass is 32.1. The molecule has 0 bridgehead atoms. The third-order valence-corrected chi connectivity index (χ3v) is 4.95. The van der Waals surface area contributed by atoms with E-state index < -0.39 is 5.97 Å². The summed E-state index contributed by atoms with van der Waals surface area (Å²) in [5.74, 6) is -0.909. The molecule has 1 saturated heterocycles. The van der Waals surface area contributed by atoms with E-state index in [0.717, 1.165) is 34.7 Å². The van der Waals surface area contributed by atoms with Crippen LogP contribution >= 0.6 is 11.3 Å². The highest BCUT2D eigenvalue weighted by molar-refractivity contribution is 7.17. The predicted octanol–water partition coefficient (Wildman–Crippen LogP) is 2.25. The van der Waals surface area contributed by atoms with E-state index in [2.05, 4.69) is 31.8 Å². The summed E-state index contributed by atoms with van der Waals surface area (Å²) >= 11 is 1.55. The lowest BCUT2D eigenvalue weighted by Crippen LogP contribution is -2.36. The fourth-order valence-corrected chi connectivity index (χ4v) is 3.73. The molecular formula is C14H18N4O2S. The van der Waals surface area contributed by atoms with E-state index in [1.807, 2.05) is 13.8 Å². The second-order valence-corrected chi connectivity index (χ2v) is 6.35. The molecule has 0 radical (unpaired) electrons.